The molecule has 0 unspecified atom stereocenters. The van der Waals surface area contributed by atoms with Crippen molar-refractivity contribution >= 4 is 23.4 Å². The van der Waals surface area contributed by atoms with E-state index in [1.165, 1.54) is 11.8 Å². The molecule has 1 rings (SSSR count). The first kappa shape index (κ1) is 11.9. The number of rotatable bonds is 6. The van der Waals surface area contributed by atoms with Crippen LogP contribution in [0.4, 0.5) is 5.69 Å². The van der Waals surface area contributed by atoms with Gasteiger partial charge in [-0.3, -0.25) is 4.79 Å². The fourth-order valence-electron chi connectivity index (χ4n) is 1.08. The van der Waals surface area contributed by atoms with Gasteiger partial charge in [-0.15, -0.1) is 0 Å². The number of carbonyl (C=O) groups excluding carboxylic acids is 1. The Morgan fingerprint density at radius 1 is 1.40 bits per heavy atom. The third kappa shape index (κ3) is 5.32. The first-order valence-corrected chi connectivity index (χ1v) is 6.16. The van der Waals surface area contributed by atoms with E-state index >= 15 is 0 Å². The normalized spacial score (nSPS) is 9.67. The average Bonchev–Trinajstić information content (AvgIpc) is 2.26. The molecule has 0 aromatic heterocycles. The predicted molar refractivity (Wildman–Crippen MR) is 64.3 cm³/mol. The van der Waals surface area contributed by atoms with E-state index in [9.17, 15) is 4.79 Å². The molecular formula is C11H15NO2S. The van der Waals surface area contributed by atoms with Crippen LogP contribution in [-0.4, -0.2) is 31.1 Å². The molecule has 82 valence electrons. The van der Waals surface area contributed by atoms with Gasteiger partial charge in [-0.1, -0.05) is 18.2 Å². The van der Waals surface area contributed by atoms with Crippen LogP contribution >= 0.6 is 11.8 Å². The van der Waals surface area contributed by atoms with E-state index in [0.29, 0.717) is 18.9 Å². The first-order chi connectivity index (χ1) is 7.33. The molecule has 0 spiro atoms. The van der Waals surface area contributed by atoms with E-state index in [1.807, 2.05) is 36.6 Å². The summed E-state index contributed by atoms with van der Waals surface area (Å²) in [5.41, 5.74) is 1.04. The number of anilines is 1. The maximum Gasteiger partial charge on any atom is 0.315 e. The van der Waals surface area contributed by atoms with E-state index in [4.69, 9.17) is 4.74 Å². The Balaban J connectivity index is 2.10. The highest BCUT2D eigenvalue weighted by molar-refractivity contribution is 7.99. The van der Waals surface area contributed by atoms with Gasteiger partial charge in [0.25, 0.3) is 0 Å². The standard InChI is InChI=1S/C11H15NO2S/c1-15-9-11(13)14-8-7-12-10-5-3-2-4-6-10/h2-6,12H,7-9H2,1H3. The summed E-state index contributed by atoms with van der Waals surface area (Å²) in [5, 5.41) is 3.16. The van der Waals surface area contributed by atoms with Crippen molar-refractivity contribution < 1.29 is 9.53 Å². The van der Waals surface area contributed by atoms with E-state index in [2.05, 4.69) is 5.32 Å². The van der Waals surface area contributed by atoms with E-state index in [0.717, 1.165) is 5.69 Å². The topological polar surface area (TPSA) is 38.3 Å². The summed E-state index contributed by atoms with van der Waals surface area (Å²) in [6, 6.07) is 9.83. The zero-order valence-corrected chi connectivity index (χ0v) is 9.55. The lowest BCUT2D eigenvalue weighted by Crippen LogP contribution is -2.14. The van der Waals surface area contributed by atoms with Crippen LogP contribution < -0.4 is 5.32 Å². The number of nitrogens with one attached hydrogen (secondary N) is 1. The zero-order valence-electron chi connectivity index (χ0n) is 8.73. The van der Waals surface area contributed by atoms with Gasteiger partial charge in [0.15, 0.2) is 0 Å². The molecule has 0 atom stereocenters. The molecule has 0 fully saturated rings. The number of hydrogen-bond acceptors (Lipinski definition) is 4. The third-order valence-electron chi connectivity index (χ3n) is 1.73. The average molecular weight is 225 g/mol. The van der Waals surface area contributed by atoms with Crippen molar-refractivity contribution in [2.45, 2.75) is 0 Å². The van der Waals surface area contributed by atoms with Crippen LogP contribution in [0, 0.1) is 0 Å². The van der Waals surface area contributed by atoms with E-state index in [1.54, 1.807) is 0 Å². The molecule has 1 N–H and O–H groups in total. The highest BCUT2D eigenvalue weighted by Crippen LogP contribution is 2.03. The highest BCUT2D eigenvalue weighted by Gasteiger charge is 1.99. The Labute approximate surface area is 94.2 Å². The van der Waals surface area contributed by atoms with Gasteiger partial charge in [-0.05, 0) is 18.4 Å². The highest BCUT2D eigenvalue weighted by atomic mass is 32.2. The molecule has 4 heteroatoms. The summed E-state index contributed by atoms with van der Waals surface area (Å²) < 4.78 is 4.98. The molecule has 15 heavy (non-hydrogen) atoms. The summed E-state index contributed by atoms with van der Waals surface area (Å²) in [6.07, 6.45) is 1.88. The van der Waals surface area contributed by atoms with Gasteiger partial charge in [0, 0.05) is 12.2 Å². The molecule has 0 heterocycles. The molecule has 0 radical (unpaired) electrons. The summed E-state index contributed by atoms with van der Waals surface area (Å²) >= 11 is 1.47. The fourth-order valence-corrected chi connectivity index (χ4v) is 1.39. The molecule has 3 nitrogen and oxygen atoms in total. The molecule has 0 amide bonds. The summed E-state index contributed by atoms with van der Waals surface area (Å²) in [6.45, 7) is 1.05. The van der Waals surface area contributed by atoms with Gasteiger partial charge in [-0.2, -0.15) is 11.8 Å². The van der Waals surface area contributed by atoms with Crippen molar-refractivity contribution in [1.29, 1.82) is 0 Å². The van der Waals surface area contributed by atoms with Crippen molar-refractivity contribution in [2.24, 2.45) is 0 Å². The van der Waals surface area contributed by atoms with Gasteiger partial charge in [0.1, 0.15) is 6.61 Å². The van der Waals surface area contributed by atoms with Crippen molar-refractivity contribution in [3.63, 3.8) is 0 Å². The summed E-state index contributed by atoms with van der Waals surface area (Å²) in [4.78, 5) is 11.0. The smallest absolute Gasteiger partial charge is 0.315 e. The number of hydrogen-bond donors (Lipinski definition) is 1. The zero-order chi connectivity index (χ0) is 10.9. The minimum atomic E-state index is -0.155. The largest absolute Gasteiger partial charge is 0.463 e. The molecule has 1 aromatic carbocycles. The molecule has 0 saturated heterocycles. The Morgan fingerprint density at radius 3 is 2.80 bits per heavy atom. The molecule has 0 aliphatic carbocycles. The van der Waals surface area contributed by atoms with Crippen molar-refractivity contribution in [3.05, 3.63) is 30.3 Å². The van der Waals surface area contributed by atoms with E-state index < -0.39 is 0 Å². The maximum atomic E-state index is 11.0. The summed E-state index contributed by atoms with van der Waals surface area (Å²) in [5.74, 6) is 0.267. The van der Waals surface area contributed by atoms with Crippen LogP contribution in [-0.2, 0) is 9.53 Å². The molecule has 0 bridgehead atoms. The van der Waals surface area contributed by atoms with Gasteiger partial charge in [0.2, 0.25) is 0 Å². The van der Waals surface area contributed by atoms with Crippen LogP contribution in [0.15, 0.2) is 30.3 Å². The Kier molecular flexibility index (Phi) is 5.70. The SMILES string of the molecule is CSCC(=O)OCCNc1ccccc1. The van der Waals surface area contributed by atoms with Crippen molar-refractivity contribution in [2.75, 3.05) is 30.5 Å². The van der Waals surface area contributed by atoms with Crippen LogP contribution in [0.25, 0.3) is 0 Å². The lowest BCUT2D eigenvalue weighted by molar-refractivity contribution is -0.139. The van der Waals surface area contributed by atoms with Crippen LogP contribution in [0.3, 0.4) is 0 Å². The Bertz CT molecular complexity index is 290. The number of carbonyl (C=O) groups is 1. The summed E-state index contributed by atoms with van der Waals surface area (Å²) in [7, 11) is 0. The van der Waals surface area contributed by atoms with Crippen molar-refractivity contribution in [3.8, 4) is 0 Å². The predicted octanol–water partition coefficient (Wildman–Crippen LogP) is 2.00. The van der Waals surface area contributed by atoms with Crippen LogP contribution in [0.1, 0.15) is 0 Å². The van der Waals surface area contributed by atoms with Gasteiger partial charge < -0.3 is 10.1 Å². The second-order valence-corrected chi connectivity index (χ2v) is 3.81. The molecule has 1 aromatic rings. The number of benzene rings is 1. The van der Waals surface area contributed by atoms with Gasteiger partial charge in [-0.25, -0.2) is 0 Å². The Hall–Kier alpha value is -1.16. The quantitative estimate of drug-likeness (QED) is 0.593. The number of para-hydroxylation sites is 1. The number of esters is 1. The second-order valence-electron chi connectivity index (χ2n) is 2.95. The number of ether oxygens (including phenoxy) is 1. The van der Waals surface area contributed by atoms with Crippen LogP contribution in [0.2, 0.25) is 0 Å². The third-order valence-corrected chi connectivity index (χ3v) is 2.25. The van der Waals surface area contributed by atoms with Crippen molar-refractivity contribution in [1.82, 2.24) is 0 Å². The number of thioether (sulfide) groups is 1. The monoisotopic (exact) mass is 225 g/mol. The van der Waals surface area contributed by atoms with Gasteiger partial charge in [0.05, 0.1) is 5.75 Å². The molecule has 0 aliphatic heterocycles. The minimum absolute atomic E-state index is 0.155. The Morgan fingerprint density at radius 2 is 2.13 bits per heavy atom. The first-order valence-electron chi connectivity index (χ1n) is 4.76. The second kappa shape index (κ2) is 7.17. The molecular weight excluding hydrogens is 210 g/mol. The molecule has 0 aliphatic rings. The van der Waals surface area contributed by atoms with Crippen LogP contribution in [0.5, 0.6) is 0 Å². The molecule has 0 saturated carbocycles. The maximum absolute atomic E-state index is 11.0. The van der Waals surface area contributed by atoms with Gasteiger partial charge >= 0.3 is 5.97 Å². The lowest BCUT2D eigenvalue weighted by Gasteiger charge is -2.06. The minimum Gasteiger partial charge on any atom is -0.463 e. The van der Waals surface area contributed by atoms with E-state index in [-0.39, 0.29) is 5.97 Å². The lowest BCUT2D eigenvalue weighted by atomic mass is 10.3. The fraction of sp³-hybridized carbons (Fsp3) is 0.364.